The first-order chi connectivity index (χ1) is 11.4. The molecule has 0 aliphatic carbocycles. The van der Waals surface area contributed by atoms with Gasteiger partial charge in [-0.3, -0.25) is 14.6 Å². The Morgan fingerprint density at radius 2 is 2.17 bits per heavy atom. The molecule has 128 valence electrons. The number of nitrogens with zero attached hydrogens (tertiary/aromatic N) is 3. The molecule has 0 radical (unpaired) electrons. The van der Waals surface area contributed by atoms with Crippen LogP contribution in [0.4, 0.5) is 0 Å². The minimum atomic E-state index is -1.65. The van der Waals surface area contributed by atoms with Crippen LogP contribution in [-0.2, 0) is 14.4 Å². The second-order valence-corrected chi connectivity index (χ2v) is 4.71. The van der Waals surface area contributed by atoms with Crippen LogP contribution in [0.25, 0.3) is 5.53 Å². The van der Waals surface area contributed by atoms with Crippen LogP contribution in [0.5, 0.6) is 5.75 Å². The number of carbonyl (C=O) groups is 3. The number of hydrogen-bond acceptors (Lipinski definition) is 6. The highest BCUT2D eigenvalue weighted by molar-refractivity contribution is 6.25. The van der Waals surface area contributed by atoms with Crippen molar-refractivity contribution in [2.75, 3.05) is 7.11 Å². The summed E-state index contributed by atoms with van der Waals surface area (Å²) in [5.41, 5.74) is 8.34. The first kappa shape index (κ1) is 18.9. The quantitative estimate of drug-likeness (QED) is 0.306. The number of pyridine rings is 1. The number of methoxy groups -OCH3 is 1. The van der Waals surface area contributed by atoms with Crippen molar-refractivity contribution < 1.29 is 34.1 Å². The van der Waals surface area contributed by atoms with Crippen LogP contribution in [0.3, 0.4) is 0 Å². The SMILES string of the molecule is COc1cncc(C(O)C(=O)NC(CCC(=O)C=[N+]=[N-])C(=O)O)c1. The molecule has 0 spiro atoms. The minimum absolute atomic E-state index is 0.125. The zero-order chi connectivity index (χ0) is 18.1. The normalized spacial score (nSPS) is 12.4. The van der Waals surface area contributed by atoms with Gasteiger partial charge in [-0.05, 0) is 12.5 Å². The third-order valence-corrected chi connectivity index (χ3v) is 3.03. The molecule has 24 heavy (non-hydrogen) atoms. The molecule has 3 N–H and O–H groups in total. The fourth-order valence-electron chi connectivity index (χ4n) is 1.77. The number of aliphatic hydroxyl groups excluding tert-OH is 1. The summed E-state index contributed by atoms with van der Waals surface area (Å²) < 4.78 is 4.92. The van der Waals surface area contributed by atoms with Gasteiger partial charge in [-0.15, -0.1) is 0 Å². The van der Waals surface area contributed by atoms with Crippen molar-refractivity contribution in [1.29, 1.82) is 0 Å². The molecule has 1 aromatic heterocycles. The Labute approximate surface area is 136 Å². The van der Waals surface area contributed by atoms with E-state index < -0.39 is 29.8 Å². The molecular weight excluding hydrogens is 320 g/mol. The first-order valence-electron chi connectivity index (χ1n) is 6.79. The van der Waals surface area contributed by atoms with Crippen LogP contribution in [-0.4, -0.2) is 57.0 Å². The highest BCUT2D eigenvalue weighted by Gasteiger charge is 2.26. The van der Waals surface area contributed by atoms with Gasteiger partial charge in [0.2, 0.25) is 5.78 Å². The highest BCUT2D eigenvalue weighted by atomic mass is 16.5. The number of ether oxygens (including phenoxy) is 1. The molecule has 0 saturated carbocycles. The van der Waals surface area contributed by atoms with Crippen molar-refractivity contribution >= 4 is 23.9 Å². The molecule has 0 saturated heterocycles. The number of amides is 1. The van der Waals surface area contributed by atoms with E-state index in [0.717, 1.165) is 0 Å². The predicted molar refractivity (Wildman–Crippen MR) is 79.2 cm³/mol. The van der Waals surface area contributed by atoms with Gasteiger partial charge in [-0.1, -0.05) is 0 Å². The third kappa shape index (κ3) is 5.59. The summed E-state index contributed by atoms with van der Waals surface area (Å²) in [6.45, 7) is 0. The van der Waals surface area contributed by atoms with E-state index in [-0.39, 0.29) is 18.4 Å². The monoisotopic (exact) mass is 336 g/mol. The van der Waals surface area contributed by atoms with Crippen molar-refractivity contribution in [1.82, 2.24) is 10.3 Å². The Bertz CT molecular complexity index is 671. The molecule has 1 amide bonds. The van der Waals surface area contributed by atoms with E-state index in [1.807, 2.05) is 0 Å². The molecule has 2 atom stereocenters. The number of Topliss-reactive ketones (excluding diaryl/α,β-unsaturated/α-hetero) is 1. The largest absolute Gasteiger partial charge is 0.495 e. The second kappa shape index (κ2) is 9.13. The Kier molecular flexibility index (Phi) is 7.21. The predicted octanol–water partition coefficient (Wildman–Crippen LogP) is -0.657. The molecular formula is C14H16N4O6. The molecule has 1 heterocycles. The van der Waals surface area contributed by atoms with E-state index in [1.165, 1.54) is 25.6 Å². The smallest absolute Gasteiger partial charge is 0.326 e. The van der Waals surface area contributed by atoms with Gasteiger partial charge >= 0.3 is 12.2 Å². The fourth-order valence-corrected chi connectivity index (χ4v) is 1.77. The maximum atomic E-state index is 12.0. The van der Waals surface area contributed by atoms with E-state index >= 15 is 0 Å². The van der Waals surface area contributed by atoms with Gasteiger partial charge in [0.25, 0.3) is 5.91 Å². The average Bonchev–Trinajstić information content (AvgIpc) is 2.57. The fraction of sp³-hybridized carbons (Fsp3) is 0.357. The van der Waals surface area contributed by atoms with Gasteiger partial charge < -0.3 is 25.8 Å². The number of hydrogen-bond donors (Lipinski definition) is 3. The van der Waals surface area contributed by atoms with Gasteiger partial charge in [0.15, 0.2) is 6.10 Å². The lowest BCUT2D eigenvalue weighted by molar-refractivity contribution is -0.143. The van der Waals surface area contributed by atoms with Gasteiger partial charge in [-0.2, -0.15) is 4.79 Å². The van der Waals surface area contributed by atoms with Crippen molar-refractivity contribution in [2.24, 2.45) is 0 Å². The van der Waals surface area contributed by atoms with Gasteiger partial charge in [0, 0.05) is 18.2 Å². The maximum absolute atomic E-state index is 12.0. The topological polar surface area (TPSA) is 162 Å². The van der Waals surface area contributed by atoms with Gasteiger partial charge in [0.05, 0.1) is 13.3 Å². The first-order valence-corrected chi connectivity index (χ1v) is 6.79. The lowest BCUT2D eigenvalue weighted by Crippen LogP contribution is -2.43. The minimum Gasteiger partial charge on any atom is -0.495 e. The molecule has 0 aromatic carbocycles. The van der Waals surface area contributed by atoms with E-state index in [0.29, 0.717) is 12.0 Å². The summed E-state index contributed by atoms with van der Waals surface area (Å²) in [4.78, 5) is 40.6. The molecule has 1 aromatic rings. The Morgan fingerprint density at radius 3 is 2.75 bits per heavy atom. The summed E-state index contributed by atoms with van der Waals surface area (Å²) in [5, 5.41) is 21.2. The second-order valence-electron chi connectivity index (χ2n) is 4.71. The van der Waals surface area contributed by atoms with E-state index in [1.54, 1.807) is 0 Å². The zero-order valence-electron chi connectivity index (χ0n) is 12.7. The van der Waals surface area contributed by atoms with Crippen LogP contribution < -0.4 is 10.1 Å². The van der Waals surface area contributed by atoms with E-state index in [2.05, 4.69) is 15.1 Å². The number of aliphatic carboxylic acids is 1. The molecule has 0 fully saturated rings. The average molecular weight is 336 g/mol. The summed E-state index contributed by atoms with van der Waals surface area (Å²) in [6, 6.07) is -0.00407. The maximum Gasteiger partial charge on any atom is 0.326 e. The summed E-state index contributed by atoms with van der Waals surface area (Å²) >= 11 is 0. The molecule has 0 bridgehead atoms. The van der Waals surface area contributed by atoms with Crippen molar-refractivity contribution in [3.8, 4) is 5.75 Å². The van der Waals surface area contributed by atoms with E-state index in [4.69, 9.17) is 15.4 Å². The number of carboxylic acids is 1. The van der Waals surface area contributed by atoms with Crippen molar-refractivity contribution in [3.63, 3.8) is 0 Å². The summed E-state index contributed by atoms with van der Waals surface area (Å²) in [5.74, 6) is -2.60. The Morgan fingerprint density at radius 1 is 1.46 bits per heavy atom. The lowest BCUT2D eigenvalue weighted by Gasteiger charge is -2.17. The lowest BCUT2D eigenvalue weighted by atomic mass is 10.1. The number of nitrogens with one attached hydrogen (secondary N) is 1. The molecule has 10 nitrogen and oxygen atoms in total. The molecule has 2 unspecified atom stereocenters. The highest BCUT2D eigenvalue weighted by Crippen LogP contribution is 2.18. The van der Waals surface area contributed by atoms with Crippen LogP contribution >= 0.6 is 0 Å². The van der Waals surface area contributed by atoms with Crippen LogP contribution in [0.15, 0.2) is 18.5 Å². The Hall–Kier alpha value is -3.10. The Balaban J connectivity index is 2.74. The van der Waals surface area contributed by atoms with Gasteiger partial charge in [0.1, 0.15) is 11.8 Å². The number of carbonyl (C=O) groups excluding carboxylic acids is 2. The molecule has 10 heteroatoms. The summed E-state index contributed by atoms with van der Waals surface area (Å²) in [7, 11) is 1.39. The number of aromatic nitrogens is 1. The zero-order valence-corrected chi connectivity index (χ0v) is 12.7. The van der Waals surface area contributed by atoms with Crippen LogP contribution in [0.2, 0.25) is 0 Å². The standard InChI is InChI=1S/C14H16N4O6/c1-24-10-4-8(5-16-7-10)12(20)13(21)18-11(14(22)23)3-2-9(19)6-17-15/h4-7,11-12,20H,2-3H2,1H3,(H,18,21)(H,22,23). The number of aliphatic hydroxyl groups is 1. The van der Waals surface area contributed by atoms with Gasteiger partial charge in [-0.25, -0.2) is 4.79 Å². The number of rotatable bonds is 9. The number of ketones is 1. The van der Waals surface area contributed by atoms with Crippen molar-refractivity contribution in [3.05, 3.63) is 29.6 Å². The van der Waals surface area contributed by atoms with Crippen LogP contribution in [0, 0.1) is 0 Å². The number of carboxylic acid groups (broad SMARTS) is 1. The summed E-state index contributed by atoms with van der Waals surface area (Å²) in [6.07, 6.45) is 1.13. The molecule has 0 aliphatic heterocycles. The third-order valence-electron chi connectivity index (χ3n) is 3.03. The molecule has 0 aliphatic rings. The van der Waals surface area contributed by atoms with Crippen LogP contribution in [0.1, 0.15) is 24.5 Å². The van der Waals surface area contributed by atoms with E-state index in [9.17, 15) is 19.5 Å². The van der Waals surface area contributed by atoms with Crippen molar-refractivity contribution in [2.45, 2.75) is 25.0 Å². The molecule has 1 rings (SSSR count).